The Hall–Kier alpha value is -2.96. The zero-order valence-electron chi connectivity index (χ0n) is 17.4. The number of hydrogen-bond donors (Lipinski definition) is 0. The maximum atomic E-state index is 13.2. The fraction of sp³-hybridized carbons (Fsp3) is 0.455. The average molecular weight is 393 g/mol. The van der Waals surface area contributed by atoms with Gasteiger partial charge in [0.25, 0.3) is 5.91 Å². The molecule has 0 aliphatic carbocycles. The minimum atomic E-state index is 0.0734. The molecule has 7 heteroatoms. The third kappa shape index (κ3) is 3.81. The Morgan fingerprint density at radius 1 is 1.03 bits per heavy atom. The van der Waals surface area contributed by atoms with E-state index in [1.54, 1.807) is 0 Å². The van der Waals surface area contributed by atoms with Gasteiger partial charge >= 0.3 is 0 Å². The molecule has 1 aromatic carbocycles. The second-order valence-corrected chi connectivity index (χ2v) is 7.57. The highest BCUT2D eigenvalue weighted by Crippen LogP contribution is 2.18. The zero-order chi connectivity index (χ0) is 20.4. The van der Waals surface area contributed by atoms with Crippen molar-refractivity contribution in [2.24, 2.45) is 0 Å². The summed E-state index contributed by atoms with van der Waals surface area (Å²) in [5.74, 6) is 2.05. The monoisotopic (exact) mass is 392 g/mol. The van der Waals surface area contributed by atoms with Crippen LogP contribution in [0, 0.1) is 13.8 Å². The fourth-order valence-corrected chi connectivity index (χ4v) is 4.14. The average Bonchev–Trinajstić information content (AvgIpc) is 3.17. The number of aryl methyl sites for hydroxylation is 4. The van der Waals surface area contributed by atoms with Gasteiger partial charge in [0.1, 0.15) is 11.6 Å². The Kier molecular flexibility index (Phi) is 5.47. The van der Waals surface area contributed by atoms with Crippen molar-refractivity contribution in [3.63, 3.8) is 0 Å². The fourth-order valence-electron chi connectivity index (χ4n) is 4.14. The maximum Gasteiger partial charge on any atom is 0.257 e. The van der Waals surface area contributed by atoms with Gasteiger partial charge in [0.15, 0.2) is 0 Å². The van der Waals surface area contributed by atoms with Crippen LogP contribution in [0.25, 0.3) is 0 Å². The highest BCUT2D eigenvalue weighted by molar-refractivity contribution is 5.96. The van der Waals surface area contributed by atoms with Crippen LogP contribution in [0.5, 0.6) is 0 Å². The van der Waals surface area contributed by atoms with Crippen LogP contribution in [0.1, 0.15) is 45.9 Å². The Morgan fingerprint density at radius 2 is 1.83 bits per heavy atom. The quantitative estimate of drug-likeness (QED) is 0.669. The number of amides is 1. The lowest BCUT2D eigenvalue weighted by molar-refractivity contribution is 0.0757. The molecule has 0 saturated carbocycles. The Balaban J connectivity index is 1.47. The summed E-state index contributed by atoms with van der Waals surface area (Å²) in [6, 6.07) is 10.4. The molecule has 29 heavy (non-hydrogen) atoms. The first kappa shape index (κ1) is 19.4. The number of fused-ring (bicyclic) bond motifs is 1. The summed E-state index contributed by atoms with van der Waals surface area (Å²) < 4.78 is 4.10. The molecule has 4 rings (SSSR count). The molecule has 2 aromatic heterocycles. The molecule has 0 unspecified atom stereocenters. The molecule has 3 aromatic rings. The van der Waals surface area contributed by atoms with Crippen molar-refractivity contribution in [3.05, 3.63) is 64.5 Å². The van der Waals surface area contributed by atoms with Gasteiger partial charge in [-0.1, -0.05) is 30.3 Å². The minimum absolute atomic E-state index is 0.0734. The lowest BCUT2D eigenvalue weighted by atomic mass is 10.1. The SMILES string of the molecule is CCn1nc(C)c(C(=O)N2CCc3nnc(CCc4ccccc4)n3CC2)c1C. The predicted molar refractivity (Wildman–Crippen MR) is 111 cm³/mol. The molecule has 0 fully saturated rings. The molecule has 0 N–H and O–H groups in total. The molecule has 0 atom stereocenters. The number of benzene rings is 1. The predicted octanol–water partition coefficient (Wildman–Crippen LogP) is 2.60. The van der Waals surface area contributed by atoms with E-state index in [1.165, 1.54) is 5.56 Å². The first-order chi connectivity index (χ1) is 14.1. The third-order valence-electron chi connectivity index (χ3n) is 5.77. The molecule has 3 heterocycles. The molecule has 0 radical (unpaired) electrons. The van der Waals surface area contributed by atoms with Gasteiger partial charge in [-0.25, -0.2) is 0 Å². The van der Waals surface area contributed by atoms with E-state index < -0.39 is 0 Å². The lowest BCUT2D eigenvalue weighted by Gasteiger charge is -2.20. The number of carbonyl (C=O) groups is 1. The van der Waals surface area contributed by atoms with Crippen LogP contribution in [0.2, 0.25) is 0 Å². The van der Waals surface area contributed by atoms with Gasteiger partial charge in [-0.15, -0.1) is 10.2 Å². The van der Waals surface area contributed by atoms with E-state index in [-0.39, 0.29) is 5.91 Å². The van der Waals surface area contributed by atoms with Crippen LogP contribution in [-0.2, 0) is 32.4 Å². The van der Waals surface area contributed by atoms with Crippen LogP contribution >= 0.6 is 0 Å². The van der Waals surface area contributed by atoms with Gasteiger partial charge in [0.2, 0.25) is 0 Å². The Bertz CT molecular complexity index is 1000. The number of rotatable bonds is 5. The summed E-state index contributed by atoms with van der Waals surface area (Å²) in [6.45, 7) is 8.77. The van der Waals surface area contributed by atoms with Crippen molar-refractivity contribution in [3.8, 4) is 0 Å². The van der Waals surface area contributed by atoms with Gasteiger partial charge in [-0.2, -0.15) is 5.10 Å². The standard InChI is InChI=1S/C22H28N6O/c1-4-28-17(3)21(16(2)25-28)22(29)26-13-12-20-24-23-19(27(20)15-14-26)11-10-18-8-6-5-7-9-18/h5-9H,4,10-15H2,1-3H3. The number of nitrogens with zero attached hydrogens (tertiary/aromatic N) is 6. The van der Waals surface area contributed by atoms with E-state index in [0.717, 1.165) is 61.0 Å². The summed E-state index contributed by atoms with van der Waals surface area (Å²) >= 11 is 0. The minimum Gasteiger partial charge on any atom is -0.336 e. The van der Waals surface area contributed by atoms with E-state index in [1.807, 2.05) is 36.4 Å². The summed E-state index contributed by atoms with van der Waals surface area (Å²) in [4.78, 5) is 15.2. The van der Waals surface area contributed by atoms with E-state index in [2.05, 4.69) is 44.1 Å². The van der Waals surface area contributed by atoms with Crippen molar-refractivity contribution in [1.82, 2.24) is 29.4 Å². The zero-order valence-corrected chi connectivity index (χ0v) is 17.4. The molecule has 1 amide bonds. The van der Waals surface area contributed by atoms with Gasteiger partial charge in [0.05, 0.1) is 11.3 Å². The molecular formula is C22H28N6O. The second kappa shape index (κ2) is 8.19. The van der Waals surface area contributed by atoms with E-state index in [0.29, 0.717) is 13.1 Å². The molecule has 152 valence electrons. The smallest absolute Gasteiger partial charge is 0.257 e. The van der Waals surface area contributed by atoms with Crippen molar-refractivity contribution < 1.29 is 4.79 Å². The van der Waals surface area contributed by atoms with Gasteiger partial charge in [-0.3, -0.25) is 9.48 Å². The molecule has 0 bridgehead atoms. The van der Waals surface area contributed by atoms with Crippen LogP contribution < -0.4 is 0 Å². The van der Waals surface area contributed by atoms with Crippen molar-refractivity contribution >= 4 is 5.91 Å². The lowest BCUT2D eigenvalue weighted by Crippen LogP contribution is -2.34. The Labute approximate surface area is 171 Å². The topological polar surface area (TPSA) is 68.8 Å². The number of hydrogen-bond acceptors (Lipinski definition) is 4. The van der Waals surface area contributed by atoms with Crippen LogP contribution in [0.4, 0.5) is 0 Å². The second-order valence-electron chi connectivity index (χ2n) is 7.57. The van der Waals surface area contributed by atoms with Crippen molar-refractivity contribution in [2.75, 3.05) is 13.1 Å². The largest absolute Gasteiger partial charge is 0.336 e. The molecule has 0 spiro atoms. The number of aromatic nitrogens is 5. The van der Waals surface area contributed by atoms with E-state index >= 15 is 0 Å². The van der Waals surface area contributed by atoms with Gasteiger partial charge in [0, 0.05) is 44.7 Å². The first-order valence-corrected chi connectivity index (χ1v) is 10.4. The highest BCUT2D eigenvalue weighted by Gasteiger charge is 2.26. The third-order valence-corrected chi connectivity index (χ3v) is 5.77. The summed E-state index contributed by atoms with van der Waals surface area (Å²) in [5.41, 5.74) is 3.80. The van der Waals surface area contributed by atoms with Crippen molar-refractivity contribution in [1.29, 1.82) is 0 Å². The van der Waals surface area contributed by atoms with E-state index in [9.17, 15) is 4.79 Å². The summed E-state index contributed by atoms with van der Waals surface area (Å²) in [5, 5.41) is 13.3. The first-order valence-electron chi connectivity index (χ1n) is 10.4. The normalized spacial score (nSPS) is 14.0. The maximum absolute atomic E-state index is 13.2. The Morgan fingerprint density at radius 3 is 2.55 bits per heavy atom. The molecule has 1 aliphatic rings. The van der Waals surface area contributed by atoms with Gasteiger partial charge in [-0.05, 0) is 32.8 Å². The number of carbonyl (C=O) groups excluding carboxylic acids is 1. The van der Waals surface area contributed by atoms with Crippen molar-refractivity contribution in [2.45, 2.75) is 53.1 Å². The molecular weight excluding hydrogens is 364 g/mol. The summed E-state index contributed by atoms with van der Waals surface area (Å²) in [7, 11) is 0. The molecule has 1 aliphatic heterocycles. The van der Waals surface area contributed by atoms with Crippen LogP contribution in [0.15, 0.2) is 30.3 Å². The van der Waals surface area contributed by atoms with Crippen LogP contribution in [0.3, 0.4) is 0 Å². The molecule has 0 saturated heterocycles. The van der Waals surface area contributed by atoms with E-state index in [4.69, 9.17) is 0 Å². The summed E-state index contributed by atoms with van der Waals surface area (Å²) in [6.07, 6.45) is 2.52. The highest BCUT2D eigenvalue weighted by atomic mass is 16.2. The molecule has 7 nitrogen and oxygen atoms in total. The van der Waals surface area contributed by atoms with Gasteiger partial charge < -0.3 is 9.47 Å². The van der Waals surface area contributed by atoms with Crippen LogP contribution in [-0.4, -0.2) is 48.4 Å².